The molecule has 14 heavy (non-hydrogen) atoms. The van der Waals surface area contributed by atoms with E-state index in [1.165, 1.54) is 0 Å². The summed E-state index contributed by atoms with van der Waals surface area (Å²) in [5.41, 5.74) is 1.04. The Morgan fingerprint density at radius 2 is 2.43 bits per heavy atom. The first-order valence-corrected chi connectivity index (χ1v) is 6.20. The Labute approximate surface area is 96.4 Å². The topological polar surface area (TPSA) is 26.3 Å². The van der Waals surface area contributed by atoms with Gasteiger partial charge in [-0.3, -0.25) is 4.79 Å². The predicted octanol–water partition coefficient (Wildman–Crippen LogP) is 3.60. The highest BCUT2D eigenvalue weighted by Crippen LogP contribution is 2.21. The van der Waals surface area contributed by atoms with Crippen LogP contribution in [0, 0.1) is 5.92 Å². The van der Waals surface area contributed by atoms with Gasteiger partial charge in [0.2, 0.25) is 0 Å². The second-order valence-electron chi connectivity index (χ2n) is 3.18. The Morgan fingerprint density at radius 3 is 2.93 bits per heavy atom. The first kappa shape index (κ1) is 11.7. The van der Waals surface area contributed by atoms with Gasteiger partial charge in [0.25, 0.3) is 0 Å². The van der Waals surface area contributed by atoms with Crippen molar-refractivity contribution in [1.82, 2.24) is 0 Å². The summed E-state index contributed by atoms with van der Waals surface area (Å²) >= 11 is 4.96. The average Bonchev–Trinajstić information content (AvgIpc) is 2.59. The monoisotopic (exact) mass is 276 g/mol. The maximum atomic E-state index is 11.3. The molecular formula is C10H13BrO2S. The van der Waals surface area contributed by atoms with E-state index >= 15 is 0 Å². The highest BCUT2D eigenvalue weighted by atomic mass is 79.9. The molecule has 0 spiro atoms. The van der Waals surface area contributed by atoms with Crippen LogP contribution < -0.4 is 0 Å². The molecule has 4 heteroatoms. The molecule has 1 rings (SSSR count). The van der Waals surface area contributed by atoms with Crippen molar-refractivity contribution in [3.8, 4) is 0 Å². The van der Waals surface area contributed by atoms with Crippen molar-refractivity contribution in [2.75, 3.05) is 0 Å². The van der Waals surface area contributed by atoms with Gasteiger partial charge in [0, 0.05) is 5.56 Å². The van der Waals surface area contributed by atoms with E-state index in [0.717, 1.165) is 15.8 Å². The number of thiophene rings is 1. The number of hydrogen-bond donors (Lipinski definition) is 0. The zero-order chi connectivity index (χ0) is 10.6. The van der Waals surface area contributed by atoms with E-state index in [9.17, 15) is 4.79 Å². The van der Waals surface area contributed by atoms with Crippen molar-refractivity contribution in [1.29, 1.82) is 0 Å². The molecule has 1 aromatic rings. The Bertz CT molecular complexity index is 309. The Kier molecular flexibility index (Phi) is 4.62. The number of hydrogen-bond acceptors (Lipinski definition) is 3. The summed E-state index contributed by atoms with van der Waals surface area (Å²) in [6, 6.07) is 1.97. The van der Waals surface area contributed by atoms with E-state index < -0.39 is 0 Å². The van der Waals surface area contributed by atoms with E-state index in [4.69, 9.17) is 4.74 Å². The van der Waals surface area contributed by atoms with E-state index in [0.29, 0.717) is 6.61 Å². The maximum absolute atomic E-state index is 11.3. The minimum absolute atomic E-state index is 0.00271. The SMILES string of the molecule is CCC(C)C(=O)OCc1csc(Br)c1. The maximum Gasteiger partial charge on any atom is 0.308 e. The fourth-order valence-corrected chi connectivity index (χ4v) is 2.08. The number of rotatable bonds is 4. The Hall–Kier alpha value is -0.350. The van der Waals surface area contributed by atoms with Gasteiger partial charge in [-0.1, -0.05) is 13.8 Å². The molecule has 0 aliphatic heterocycles. The van der Waals surface area contributed by atoms with Crippen LogP contribution in [0.1, 0.15) is 25.8 Å². The molecule has 0 radical (unpaired) electrons. The van der Waals surface area contributed by atoms with Crippen molar-refractivity contribution >= 4 is 33.2 Å². The second kappa shape index (κ2) is 5.51. The number of ether oxygens (including phenoxy) is 1. The van der Waals surface area contributed by atoms with Gasteiger partial charge in [0.15, 0.2) is 0 Å². The molecule has 0 bridgehead atoms. The normalized spacial score (nSPS) is 12.5. The van der Waals surface area contributed by atoms with E-state index in [-0.39, 0.29) is 11.9 Å². The van der Waals surface area contributed by atoms with Crippen molar-refractivity contribution in [2.45, 2.75) is 26.9 Å². The highest BCUT2D eigenvalue weighted by molar-refractivity contribution is 9.11. The fourth-order valence-electron chi connectivity index (χ4n) is 0.885. The lowest BCUT2D eigenvalue weighted by Crippen LogP contribution is -2.13. The molecule has 0 fully saturated rings. The van der Waals surface area contributed by atoms with Gasteiger partial charge in [0.05, 0.1) is 9.70 Å². The van der Waals surface area contributed by atoms with Gasteiger partial charge < -0.3 is 4.74 Å². The number of carbonyl (C=O) groups excluding carboxylic acids is 1. The molecule has 0 saturated heterocycles. The van der Waals surface area contributed by atoms with Crippen LogP contribution in [0.4, 0.5) is 0 Å². The van der Waals surface area contributed by atoms with Gasteiger partial charge in [0.1, 0.15) is 6.61 Å². The largest absolute Gasteiger partial charge is 0.461 e. The minimum Gasteiger partial charge on any atom is -0.461 e. The van der Waals surface area contributed by atoms with Crippen LogP contribution in [0.2, 0.25) is 0 Å². The van der Waals surface area contributed by atoms with Gasteiger partial charge >= 0.3 is 5.97 Å². The molecule has 0 aromatic carbocycles. The Balaban J connectivity index is 2.37. The van der Waals surface area contributed by atoms with Crippen LogP contribution >= 0.6 is 27.3 Å². The molecule has 2 nitrogen and oxygen atoms in total. The highest BCUT2D eigenvalue weighted by Gasteiger charge is 2.11. The first-order chi connectivity index (χ1) is 6.63. The lowest BCUT2D eigenvalue weighted by molar-refractivity contribution is -0.149. The quantitative estimate of drug-likeness (QED) is 0.786. The lowest BCUT2D eigenvalue weighted by Gasteiger charge is -2.07. The fraction of sp³-hybridized carbons (Fsp3) is 0.500. The number of carbonyl (C=O) groups is 1. The van der Waals surface area contributed by atoms with Gasteiger partial charge in [-0.25, -0.2) is 0 Å². The summed E-state index contributed by atoms with van der Waals surface area (Å²) < 4.78 is 6.20. The smallest absolute Gasteiger partial charge is 0.308 e. The van der Waals surface area contributed by atoms with Crippen LogP contribution in [0.5, 0.6) is 0 Å². The third-order valence-corrected chi connectivity index (χ3v) is 3.57. The molecule has 0 aliphatic carbocycles. The van der Waals surface area contributed by atoms with E-state index in [1.807, 2.05) is 25.3 Å². The van der Waals surface area contributed by atoms with E-state index in [1.54, 1.807) is 11.3 Å². The van der Waals surface area contributed by atoms with Gasteiger partial charge in [-0.15, -0.1) is 11.3 Å². The van der Waals surface area contributed by atoms with E-state index in [2.05, 4.69) is 15.9 Å². The molecule has 1 unspecified atom stereocenters. The Morgan fingerprint density at radius 1 is 1.71 bits per heavy atom. The van der Waals surface area contributed by atoms with Crippen LogP contribution in [0.3, 0.4) is 0 Å². The molecule has 0 aliphatic rings. The third kappa shape index (κ3) is 3.42. The van der Waals surface area contributed by atoms with Crippen molar-refractivity contribution in [3.05, 3.63) is 20.8 Å². The van der Waals surface area contributed by atoms with Crippen molar-refractivity contribution < 1.29 is 9.53 Å². The molecule has 78 valence electrons. The van der Waals surface area contributed by atoms with Crippen LogP contribution in [-0.2, 0) is 16.1 Å². The van der Waals surface area contributed by atoms with Gasteiger partial charge in [-0.2, -0.15) is 0 Å². The summed E-state index contributed by atoms with van der Waals surface area (Å²) in [6.45, 7) is 4.24. The van der Waals surface area contributed by atoms with Gasteiger partial charge in [-0.05, 0) is 33.8 Å². The first-order valence-electron chi connectivity index (χ1n) is 4.53. The molecule has 0 N–H and O–H groups in total. The zero-order valence-electron chi connectivity index (χ0n) is 8.25. The molecule has 1 heterocycles. The second-order valence-corrected chi connectivity index (χ2v) is 5.47. The average molecular weight is 277 g/mol. The number of esters is 1. The van der Waals surface area contributed by atoms with Crippen LogP contribution in [-0.4, -0.2) is 5.97 Å². The summed E-state index contributed by atoms with van der Waals surface area (Å²) in [7, 11) is 0. The van der Waals surface area contributed by atoms with Crippen molar-refractivity contribution in [2.24, 2.45) is 5.92 Å². The zero-order valence-corrected chi connectivity index (χ0v) is 10.7. The molecule has 0 amide bonds. The minimum atomic E-state index is -0.116. The summed E-state index contributed by atoms with van der Waals surface area (Å²) in [4.78, 5) is 11.3. The molecule has 1 atom stereocenters. The van der Waals surface area contributed by atoms with Crippen LogP contribution in [0.15, 0.2) is 15.2 Å². The van der Waals surface area contributed by atoms with Crippen LogP contribution in [0.25, 0.3) is 0 Å². The third-order valence-electron chi connectivity index (χ3n) is 2.02. The summed E-state index contributed by atoms with van der Waals surface area (Å²) in [5.74, 6) is -0.119. The van der Waals surface area contributed by atoms with Crippen molar-refractivity contribution in [3.63, 3.8) is 0 Å². The predicted molar refractivity (Wildman–Crippen MR) is 61.3 cm³/mol. The standard InChI is InChI=1S/C10H13BrO2S/c1-3-7(2)10(12)13-5-8-4-9(11)14-6-8/h4,6-7H,3,5H2,1-2H3. The lowest BCUT2D eigenvalue weighted by atomic mass is 10.1. The molecule has 1 aromatic heterocycles. The molecule has 0 saturated carbocycles. The molecular weight excluding hydrogens is 264 g/mol. The summed E-state index contributed by atoms with van der Waals surface area (Å²) in [6.07, 6.45) is 0.826. The number of halogens is 1. The summed E-state index contributed by atoms with van der Waals surface area (Å²) in [5, 5.41) is 1.98.